The molecule has 0 aliphatic carbocycles. The first-order chi connectivity index (χ1) is 17.9. The number of hydrogen-bond acceptors (Lipinski definition) is 3. The number of para-hydroxylation sites is 1. The summed E-state index contributed by atoms with van der Waals surface area (Å²) in [5, 5.41) is 8.54. The van der Waals surface area contributed by atoms with Gasteiger partial charge in [-0.2, -0.15) is 0 Å². The summed E-state index contributed by atoms with van der Waals surface area (Å²) >= 11 is 0. The van der Waals surface area contributed by atoms with Gasteiger partial charge < -0.3 is 16.0 Å². The molecule has 3 amide bonds. The second-order valence-corrected chi connectivity index (χ2v) is 8.99. The van der Waals surface area contributed by atoms with Gasteiger partial charge in [0.05, 0.1) is 11.3 Å². The van der Waals surface area contributed by atoms with Crippen molar-refractivity contribution < 1.29 is 14.4 Å². The molecule has 0 aliphatic rings. The highest BCUT2D eigenvalue weighted by molar-refractivity contribution is 6.10. The van der Waals surface area contributed by atoms with Crippen molar-refractivity contribution in [2.75, 3.05) is 10.6 Å². The van der Waals surface area contributed by atoms with Gasteiger partial charge in [-0.25, -0.2) is 0 Å². The minimum absolute atomic E-state index is 0.168. The molecule has 3 N–H and O–H groups in total. The molecular weight excluding hydrogens is 462 g/mol. The van der Waals surface area contributed by atoms with Crippen LogP contribution >= 0.6 is 0 Å². The minimum Gasteiger partial charge on any atom is -0.340 e. The molecule has 4 aromatic carbocycles. The summed E-state index contributed by atoms with van der Waals surface area (Å²) in [6, 6.07) is 32.3. The van der Waals surface area contributed by atoms with E-state index >= 15 is 0 Å². The van der Waals surface area contributed by atoms with E-state index in [1.807, 2.05) is 74.5 Å². The molecule has 1 unspecified atom stereocenters. The summed E-state index contributed by atoms with van der Waals surface area (Å²) in [5.74, 6) is -1.25. The molecule has 37 heavy (non-hydrogen) atoms. The summed E-state index contributed by atoms with van der Waals surface area (Å²) in [6.45, 7) is 3.73. The van der Waals surface area contributed by atoms with E-state index in [4.69, 9.17) is 0 Å². The van der Waals surface area contributed by atoms with Crippen molar-refractivity contribution in [1.29, 1.82) is 0 Å². The molecule has 0 saturated carbocycles. The van der Waals surface area contributed by atoms with Crippen LogP contribution in [0.3, 0.4) is 0 Å². The Kier molecular flexibility index (Phi) is 8.11. The average Bonchev–Trinajstić information content (AvgIpc) is 2.93. The Hall–Kier alpha value is -4.71. The molecule has 0 fully saturated rings. The van der Waals surface area contributed by atoms with Crippen LogP contribution in [0.4, 0.5) is 11.4 Å². The van der Waals surface area contributed by atoms with Gasteiger partial charge in [0.2, 0.25) is 5.91 Å². The lowest BCUT2D eigenvalue weighted by Gasteiger charge is -2.22. The van der Waals surface area contributed by atoms with E-state index in [0.717, 1.165) is 11.1 Å². The van der Waals surface area contributed by atoms with E-state index in [0.29, 0.717) is 16.9 Å². The molecule has 6 heteroatoms. The van der Waals surface area contributed by atoms with Crippen LogP contribution in [0.25, 0.3) is 11.1 Å². The Bertz CT molecular complexity index is 1370. The van der Waals surface area contributed by atoms with Crippen LogP contribution in [0, 0.1) is 5.92 Å². The van der Waals surface area contributed by atoms with E-state index in [-0.39, 0.29) is 23.3 Å². The number of rotatable bonds is 8. The van der Waals surface area contributed by atoms with Crippen molar-refractivity contribution >= 4 is 29.1 Å². The quantitative estimate of drug-likeness (QED) is 0.283. The van der Waals surface area contributed by atoms with Crippen LogP contribution in [-0.2, 0) is 4.79 Å². The van der Waals surface area contributed by atoms with Gasteiger partial charge >= 0.3 is 0 Å². The predicted molar refractivity (Wildman–Crippen MR) is 147 cm³/mol. The van der Waals surface area contributed by atoms with Crippen LogP contribution < -0.4 is 16.0 Å². The van der Waals surface area contributed by atoms with Crippen molar-refractivity contribution in [3.8, 4) is 11.1 Å². The zero-order valence-corrected chi connectivity index (χ0v) is 20.8. The molecule has 0 bridgehead atoms. The zero-order chi connectivity index (χ0) is 26.2. The van der Waals surface area contributed by atoms with Crippen LogP contribution in [-0.4, -0.2) is 23.8 Å². The number of nitrogens with one attached hydrogen (secondary N) is 3. The molecule has 4 aromatic rings. The number of carbonyl (C=O) groups excluding carboxylic acids is 3. The maximum atomic E-state index is 13.2. The fourth-order valence-corrected chi connectivity index (χ4v) is 3.92. The third-order valence-corrected chi connectivity index (χ3v) is 5.95. The van der Waals surface area contributed by atoms with Crippen LogP contribution in [0.15, 0.2) is 109 Å². The Labute approximate surface area is 216 Å². The van der Waals surface area contributed by atoms with Crippen LogP contribution in [0.2, 0.25) is 0 Å². The summed E-state index contributed by atoms with van der Waals surface area (Å²) in [6.07, 6.45) is 0. The van der Waals surface area contributed by atoms with Crippen molar-refractivity contribution in [3.05, 3.63) is 120 Å². The van der Waals surface area contributed by atoms with Crippen LogP contribution in [0.1, 0.15) is 34.6 Å². The lowest BCUT2D eigenvalue weighted by atomic mass is 10.0. The van der Waals surface area contributed by atoms with Gasteiger partial charge in [0.15, 0.2) is 0 Å². The molecule has 0 aliphatic heterocycles. The van der Waals surface area contributed by atoms with Crippen LogP contribution in [0.5, 0.6) is 0 Å². The normalized spacial score (nSPS) is 11.4. The molecule has 0 radical (unpaired) electrons. The summed E-state index contributed by atoms with van der Waals surface area (Å²) in [7, 11) is 0. The van der Waals surface area contributed by atoms with Gasteiger partial charge in [-0.1, -0.05) is 86.6 Å². The summed E-state index contributed by atoms with van der Waals surface area (Å²) in [4.78, 5) is 39.0. The molecule has 0 saturated heterocycles. The molecule has 0 spiro atoms. The van der Waals surface area contributed by atoms with Gasteiger partial charge in [-0.05, 0) is 53.4 Å². The number of hydrogen-bond donors (Lipinski definition) is 3. The third-order valence-electron chi connectivity index (χ3n) is 5.95. The molecule has 6 nitrogen and oxygen atoms in total. The minimum atomic E-state index is -0.779. The van der Waals surface area contributed by atoms with Crippen molar-refractivity contribution in [2.45, 2.75) is 19.9 Å². The molecule has 1 atom stereocenters. The van der Waals surface area contributed by atoms with E-state index in [1.165, 1.54) is 0 Å². The Morgan fingerprint density at radius 1 is 0.595 bits per heavy atom. The van der Waals surface area contributed by atoms with Crippen molar-refractivity contribution in [2.24, 2.45) is 5.92 Å². The fourth-order valence-electron chi connectivity index (χ4n) is 3.92. The topological polar surface area (TPSA) is 87.3 Å². The Balaban J connectivity index is 1.45. The first-order valence-corrected chi connectivity index (χ1v) is 12.1. The highest BCUT2D eigenvalue weighted by Gasteiger charge is 2.26. The number of amides is 3. The van der Waals surface area contributed by atoms with E-state index in [2.05, 4.69) is 16.0 Å². The summed E-state index contributed by atoms with van der Waals surface area (Å²) in [5.41, 5.74) is 3.90. The van der Waals surface area contributed by atoms with Gasteiger partial charge in [-0.15, -0.1) is 0 Å². The molecule has 0 heterocycles. The zero-order valence-electron chi connectivity index (χ0n) is 20.8. The average molecular weight is 492 g/mol. The fraction of sp³-hybridized carbons (Fsp3) is 0.129. The SMILES string of the molecule is CC(C)C(NC(=O)c1ccccc1NC(=O)c1ccccc1)C(=O)Nc1ccc(-c2ccccc2)cc1. The lowest BCUT2D eigenvalue weighted by Crippen LogP contribution is -2.47. The molecule has 186 valence electrons. The Morgan fingerprint density at radius 3 is 1.81 bits per heavy atom. The van der Waals surface area contributed by atoms with E-state index in [9.17, 15) is 14.4 Å². The van der Waals surface area contributed by atoms with E-state index < -0.39 is 11.9 Å². The first kappa shape index (κ1) is 25.4. The monoisotopic (exact) mass is 491 g/mol. The smallest absolute Gasteiger partial charge is 0.255 e. The lowest BCUT2D eigenvalue weighted by molar-refractivity contribution is -0.118. The van der Waals surface area contributed by atoms with Gasteiger partial charge in [0.1, 0.15) is 6.04 Å². The predicted octanol–water partition coefficient (Wildman–Crippen LogP) is 6.00. The van der Waals surface area contributed by atoms with E-state index in [1.54, 1.807) is 48.5 Å². The number of anilines is 2. The highest BCUT2D eigenvalue weighted by atomic mass is 16.2. The van der Waals surface area contributed by atoms with Gasteiger partial charge in [0, 0.05) is 11.3 Å². The molecule has 0 aromatic heterocycles. The van der Waals surface area contributed by atoms with Crippen molar-refractivity contribution in [3.63, 3.8) is 0 Å². The second kappa shape index (κ2) is 11.8. The molecular formula is C31H29N3O3. The molecule has 4 rings (SSSR count). The first-order valence-electron chi connectivity index (χ1n) is 12.1. The van der Waals surface area contributed by atoms with Gasteiger partial charge in [-0.3, -0.25) is 14.4 Å². The maximum absolute atomic E-state index is 13.2. The van der Waals surface area contributed by atoms with Crippen molar-refractivity contribution in [1.82, 2.24) is 5.32 Å². The largest absolute Gasteiger partial charge is 0.340 e. The Morgan fingerprint density at radius 2 is 1.16 bits per heavy atom. The maximum Gasteiger partial charge on any atom is 0.255 e. The highest BCUT2D eigenvalue weighted by Crippen LogP contribution is 2.22. The van der Waals surface area contributed by atoms with Gasteiger partial charge in [0.25, 0.3) is 11.8 Å². The third kappa shape index (κ3) is 6.49. The number of carbonyl (C=O) groups is 3. The summed E-state index contributed by atoms with van der Waals surface area (Å²) < 4.78 is 0. The number of benzene rings is 4. The standard InChI is InChI=1S/C31H29N3O3/c1-21(2)28(31(37)32-25-19-17-23(18-20-25)22-11-5-3-6-12-22)34-30(36)26-15-9-10-16-27(26)33-29(35)24-13-7-4-8-14-24/h3-21,28H,1-2H3,(H,32,37)(H,33,35)(H,34,36). The second-order valence-electron chi connectivity index (χ2n) is 8.99.